The Labute approximate surface area is 279 Å². The number of hydrogen-bond donors (Lipinski definition) is 0. The van der Waals surface area contributed by atoms with Crippen molar-refractivity contribution in [2.75, 3.05) is 7.11 Å². The van der Waals surface area contributed by atoms with Gasteiger partial charge >= 0.3 is 16.1 Å². The highest BCUT2D eigenvalue weighted by Crippen LogP contribution is 2.53. The first-order chi connectivity index (χ1) is 22.2. The summed E-state index contributed by atoms with van der Waals surface area (Å²) in [6.07, 6.45) is 4.46. The van der Waals surface area contributed by atoms with Crippen molar-refractivity contribution in [3.8, 4) is 11.5 Å². The maximum Gasteiger partial charge on any atom is 0.339 e. The number of aryl methyl sites for hydroxylation is 1. The van der Waals surface area contributed by atoms with Crippen molar-refractivity contribution >= 4 is 27.1 Å². The third-order valence-electron chi connectivity index (χ3n) is 10.00. The molecule has 8 nitrogen and oxygen atoms in total. The fourth-order valence-corrected chi connectivity index (χ4v) is 8.76. The van der Waals surface area contributed by atoms with Gasteiger partial charge < -0.3 is 22.8 Å². The fourth-order valence-electron chi connectivity index (χ4n) is 7.79. The van der Waals surface area contributed by atoms with Crippen LogP contribution in [0.5, 0.6) is 11.5 Å². The third-order valence-corrected chi connectivity index (χ3v) is 11.2. The summed E-state index contributed by atoms with van der Waals surface area (Å²) < 4.78 is 59.3. The van der Waals surface area contributed by atoms with Gasteiger partial charge in [-0.3, -0.25) is 4.79 Å². The van der Waals surface area contributed by atoms with Crippen LogP contribution >= 0.6 is 0 Å². The lowest BCUT2D eigenvalue weighted by molar-refractivity contribution is -0.192. The van der Waals surface area contributed by atoms with E-state index in [-0.39, 0.29) is 46.2 Å². The molecule has 0 amide bonds. The summed E-state index contributed by atoms with van der Waals surface area (Å²) in [4.78, 5) is 12.5. The van der Waals surface area contributed by atoms with Crippen LogP contribution in [0, 0.1) is 30.6 Å². The number of benzene rings is 2. The lowest BCUT2D eigenvalue weighted by Gasteiger charge is -2.45. The van der Waals surface area contributed by atoms with Gasteiger partial charge in [-0.25, -0.2) is 0 Å². The van der Waals surface area contributed by atoms with Gasteiger partial charge in [0.15, 0.2) is 11.5 Å². The van der Waals surface area contributed by atoms with Gasteiger partial charge in [0, 0.05) is 41.2 Å². The number of hydrogen-bond acceptors (Lipinski definition) is 8. The van der Waals surface area contributed by atoms with Crippen LogP contribution in [0.3, 0.4) is 0 Å². The molecular weight excluding hydrogens is 616 g/mol. The van der Waals surface area contributed by atoms with Gasteiger partial charge in [0.2, 0.25) is 0 Å². The highest BCUT2D eigenvalue weighted by molar-refractivity contribution is 7.87. The van der Waals surface area contributed by atoms with Crippen LogP contribution < -0.4 is 8.92 Å². The minimum atomic E-state index is -4.27. The van der Waals surface area contributed by atoms with Crippen LogP contribution in [0.15, 0.2) is 57.4 Å². The van der Waals surface area contributed by atoms with Crippen LogP contribution in [0.25, 0.3) is 11.0 Å². The van der Waals surface area contributed by atoms with Crippen molar-refractivity contribution < 1.29 is 36.0 Å². The van der Waals surface area contributed by atoms with Crippen molar-refractivity contribution in [3.63, 3.8) is 0 Å². The molecule has 3 aromatic rings. The molecule has 1 saturated heterocycles. The quantitative estimate of drug-likeness (QED) is 0.151. The Kier molecular flexibility index (Phi) is 10.5. The van der Waals surface area contributed by atoms with Gasteiger partial charge in [-0.15, -0.1) is 0 Å². The Morgan fingerprint density at radius 2 is 1.66 bits per heavy atom. The third kappa shape index (κ3) is 7.26. The Morgan fingerprint density at radius 1 is 0.957 bits per heavy atom. The van der Waals surface area contributed by atoms with E-state index in [1.807, 2.05) is 19.9 Å². The van der Waals surface area contributed by atoms with E-state index in [0.29, 0.717) is 33.9 Å². The number of furan rings is 1. The molecule has 0 radical (unpaired) electrons. The second kappa shape index (κ2) is 14.0. The first kappa shape index (κ1) is 35.0. The van der Waals surface area contributed by atoms with E-state index in [4.69, 9.17) is 22.8 Å². The molecule has 2 aliphatic rings. The van der Waals surface area contributed by atoms with E-state index in [2.05, 4.69) is 40.7 Å². The van der Waals surface area contributed by atoms with E-state index in [1.54, 1.807) is 18.2 Å². The average molecular weight is 667 g/mol. The van der Waals surface area contributed by atoms with Crippen LogP contribution in [0.4, 0.5) is 0 Å². The maximum atomic E-state index is 13.8. The number of allylic oxidation sites excluding steroid dienone is 2. The van der Waals surface area contributed by atoms with Crippen LogP contribution in [0.1, 0.15) is 103 Å². The van der Waals surface area contributed by atoms with Crippen molar-refractivity contribution in [3.05, 3.63) is 64.9 Å². The highest BCUT2D eigenvalue weighted by Gasteiger charge is 2.46. The van der Waals surface area contributed by atoms with Crippen molar-refractivity contribution in [2.45, 2.75) is 110 Å². The predicted octanol–water partition coefficient (Wildman–Crippen LogP) is 9.06. The second-order valence-corrected chi connectivity index (χ2v) is 15.6. The Bertz CT molecular complexity index is 1720. The maximum absolute atomic E-state index is 13.8. The minimum Gasteiger partial charge on any atom is -0.492 e. The van der Waals surface area contributed by atoms with E-state index < -0.39 is 22.3 Å². The normalized spacial score (nSPS) is 30.0. The summed E-state index contributed by atoms with van der Waals surface area (Å²) in [5.74, 6) is 1.17. The van der Waals surface area contributed by atoms with E-state index in [9.17, 15) is 13.2 Å². The van der Waals surface area contributed by atoms with Gasteiger partial charge in [-0.2, -0.15) is 8.42 Å². The zero-order valence-corrected chi connectivity index (χ0v) is 30.0. The van der Waals surface area contributed by atoms with E-state index >= 15 is 0 Å². The molecule has 2 aliphatic heterocycles. The first-order valence-electron chi connectivity index (χ1n) is 16.8. The van der Waals surface area contributed by atoms with Crippen molar-refractivity contribution in [1.29, 1.82) is 0 Å². The molecule has 0 unspecified atom stereocenters. The fraction of sp³-hybridized carbons (Fsp3) is 0.553. The molecule has 8 atom stereocenters. The molecule has 3 heterocycles. The van der Waals surface area contributed by atoms with Gasteiger partial charge in [0.05, 0.1) is 19.3 Å². The molecule has 47 heavy (non-hydrogen) atoms. The van der Waals surface area contributed by atoms with Gasteiger partial charge in [0.25, 0.3) is 0 Å². The van der Waals surface area contributed by atoms with Gasteiger partial charge in [0.1, 0.15) is 22.3 Å². The molecule has 1 aromatic heterocycles. The largest absolute Gasteiger partial charge is 0.492 e. The highest BCUT2D eigenvalue weighted by atomic mass is 32.2. The number of methoxy groups -OCH3 is 1. The van der Waals surface area contributed by atoms with E-state index in [0.717, 1.165) is 31.4 Å². The summed E-state index contributed by atoms with van der Waals surface area (Å²) in [5, 5.41) is 0.708. The lowest BCUT2D eigenvalue weighted by atomic mass is 9.77. The van der Waals surface area contributed by atoms with E-state index in [1.165, 1.54) is 31.7 Å². The molecule has 0 spiro atoms. The Hall–Kier alpha value is -3.30. The number of fused-ring (bicyclic) bond motifs is 4. The number of carbonyl (C=O) groups is 1. The zero-order valence-electron chi connectivity index (χ0n) is 29.2. The number of rotatable bonds is 5. The number of carbonyl (C=O) groups excluding carboxylic acids is 1. The zero-order chi connectivity index (χ0) is 34.2. The molecule has 0 saturated carbocycles. The topological polar surface area (TPSA) is 101 Å². The first-order valence-corrected chi connectivity index (χ1v) is 18.3. The van der Waals surface area contributed by atoms with Gasteiger partial charge in [-0.1, -0.05) is 64.5 Å². The molecule has 2 aromatic carbocycles. The molecule has 5 rings (SSSR count). The molecule has 4 bridgehead atoms. The summed E-state index contributed by atoms with van der Waals surface area (Å²) in [6, 6.07) is 10.1. The molecule has 0 aliphatic carbocycles. The number of ether oxygens (including phenoxy) is 3. The van der Waals surface area contributed by atoms with Crippen LogP contribution in [-0.4, -0.2) is 33.7 Å². The summed E-state index contributed by atoms with van der Waals surface area (Å²) in [5.41, 5.74) is 3.13. The smallest absolute Gasteiger partial charge is 0.339 e. The predicted molar refractivity (Wildman–Crippen MR) is 182 cm³/mol. The van der Waals surface area contributed by atoms with Crippen LogP contribution in [0.2, 0.25) is 0 Å². The molecule has 256 valence electrons. The second-order valence-electron chi connectivity index (χ2n) is 14.0. The summed E-state index contributed by atoms with van der Waals surface area (Å²) in [6.45, 7) is 16.2. The summed E-state index contributed by atoms with van der Waals surface area (Å²) in [7, 11) is -2.77. The molecule has 9 heteroatoms. The Balaban J connectivity index is 1.78. The van der Waals surface area contributed by atoms with Crippen LogP contribution in [-0.2, 0) is 24.4 Å². The minimum absolute atomic E-state index is 0.0231. The summed E-state index contributed by atoms with van der Waals surface area (Å²) >= 11 is 0. The SMILES string of the molecule is COc1c(OS(=O)(=O)c2ccccc2)c2c3cc(oc3c1C)[C@@H](C)C[C@H](C)C/C(C)=C/[C@@H](C)CC[C@H]1O[C@@H]2[C@H](C)[C@@H](OC(C)=O)[C@H]1C. The molecule has 0 N–H and O–H groups in total. The monoisotopic (exact) mass is 666 g/mol. The molecular formula is C38H50O8S. The van der Waals surface area contributed by atoms with Gasteiger partial charge in [-0.05, 0) is 69.6 Å². The Morgan fingerprint density at radius 3 is 2.32 bits per heavy atom. The lowest BCUT2D eigenvalue weighted by Crippen LogP contribution is -2.47. The average Bonchev–Trinajstić information content (AvgIpc) is 3.45. The van der Waals surface area contributed by atoms with Crippen molar-refractivity contribution in [2.24, 2.45) is 23.7 Å². The van der Waals surface area contributed by atoms with Crippen molar-refractivity contribution in [1.82, 2.24) is 0 Å². The standard InChI is InChI=1S/C38H50O8S/c1-21-15-16-31-25(5)34(43-28(8)39)26(6)36(44-31)33-30-20-32(24(4)19-23(3)18-22(2)17-21)45-35(30)27(7)37(42-9)38(33)46-47(40,41)29-13-11-10-12-14-29/h10-14,17,20-21,23-26,31,34,36H,15-16,18-19H2,1-9H3/b22-17+/t21-,23+,24-,25-,26+,31+,34-,36+/m0/s1. The number of esters is 1. The molecule has 1 fully saturated rings.